The van der Waals surface area contributed by atoms with Gasteiger partial charge in [0.2, 0.25) is 0 Å². The Labute approximate surface area is 59.3 Å². The zero-order valence-electron chi connectivity index (χ0n) is 6.09. The zero-order chi connectivity index (χ0) is 6.85. The molecule has 1 nitrogen and oxygen atoms in total. The fourth-order valence-corrected chi connectivity index (χ4v) is 2.56. The second-order valence-electron chi connectivity index (χ2n) is 2.93. The van der Waals surface area contributed by atoms with E-state index in [0.29, 0.717) is 10.5 Å². The minimum Gasteiger partial charge on any atom is -0.259 e. The first-order valence-corrected chi connectivity index (χ1v) is 4.89. The molecule has 1 atom stereocenters. The van der Waals surface area contributed by atoms with E-state index in [1.165, 1.54) is 19.3 Å². The average Bonchev–Trinajstić information content (AvgIpc) is 1.60. The molecule has 1 aliphatic carbocycles. The molecule has 0 spiro atoms. The van der Waals surface area contributed by atoms with Crippen molar-refractivity contribution in [3.05, 3.63) is 0 Å². The van der Waals surface area contributed by atoms with Crippen molar-refractivity contribution in [3.8, 4) is 0 Å². The average molecular weight is 146 g/mol. The van der Waals surface area contributed by atoms with Crippen molar-refractivity contribution in [2.75, 3.05) is 0 Å². The molecule has 1 unspecified atom stereocenters. The molecule has 0 aromatic heterocycles. The van der Waals surface area contributed by atoms with E-state index >= 15 is 0 Å². The van der Waals surface area contributed by atoms with Gasteiger partial charge in [-0.1, -0.05) is 20.3 Å². The van der Waals surface area contributed by atoms with Crippen molar-refractivity contribution in [1.82, 2.24) is 0 Å². The quantitative estimate of drug-likeness (QED) is 0.579. The Morgan fingerprint density at radius 2 is 2.00 bits per heavy atom. The third-order valence-corrected chi connectivity index (χ3v) is 3.90. The topological polar surface area (TPSA) is 17.1 Å². The van der Waals surface area contributed by atoms with E-state index in [-0.39, 0.29) is 0 Å². The standard InChI is InChI=1S/C7H14OS/c1-6(2)9(8)7-4-3-5-7/h6-7H,3-5H2,1-2H3. The lowest BCUT2D eigenvalue weighted by atomic mass is 10.00. The summed E-state index contributed by atoms with van der Waals surface area (Å²) in [6.07, 6.45) is 3.69. The van der Waals surface area contributed by atoms with Crippen molar-refractivity contribution >= 4 is 10.8 Å². The summed E-state index contributed by atoms with van der Waals surface area (Å²) in [7, 11) is -0.530. The number of hydrogen-bond donors (Lipinski definition) is 0. The van der Waals surface area contributed by atoms with Gasteiger partial charge in [0.05, 0.1) is 0 Å². The summed E-state index contributed by atoms with van der Waals surface area (Å²) in [5.74, 6) is 0. The third-order valence-electron chi connectivity index (χ3n) is 1.85. The van der Waals surface area contributed by atoms with E-state index in [1.54, 1.807) is 0 Å². The molecule has 0 N–H and O–H groups in total. The lowest BCUT2D eigenvalue weighted by molar-refractivity contribution is 0.502. The van der Waals surface area contributed by atoms with E-state index < -0.39 is 10.8 Å². The van der Waals surface area contributed by atoms with Crippen LogP contribution < -0.4 is 0 Å². The molecule has 0 aliphatic heterocycles. The van der Waals surface area contributed by atoms with Gasteiger partial charge in [-0.25, -0.2) is 0 Å². The Morgan fingerprint density at radius 3 is 2.11 bits per heavy atom. The molecule has 0 radical (unpaired) electrons. The fraction of sp³-hybridized carbons (Fsp3) is 1.00. The molecular formula is C7H14OS. The Bertz CT molecular complexity index is 116. The first kappa shape index (κ1) is 7.26. The molecule has 0 heterocycles. The van der Waals surface area contributed by atoms with E-state index in [4.69, 9.17) is 0 Å². The maximum Gasteiger partial charge on any atom is 0.0350 e. The van der Waals surface area contributed by atoms with Crippen LogP contribution >= 0.6 is 0 Å². The first-order valence-electron chi connectivity index (χ1n) is 3.61. The zero-order valence-corrected chi connectivity index (χ0v) is 6.91. The molecule has 1 fully saturated rings. The molecule has 0 saturated heterocycles. The Kier molecular flexibility index (Phi) is 2.28. The molecule has 2 heteroatoms. The van der Waals surface area contributed by atoms with Crippen molar-refractivity contribution in [3.63, 3.8) is 0 Å². The highest BCUT2D eigenvalue weighted by Crippen LogP contribution is 2.25. The Morgan fingerprint density at radius 1 is 1.44 bits per heavy atom. The third kappa shape index (κ3) is 1.54. The predicted octanol–water partition coefficient (Wildman–Crippen LogP) is 1.70. The van der Waals surface area contributed by atoms with E-state index in [2.05, 4.69) is 0 Å². The summed E-state index contributed by atoms with van der Waals surface area (Å²) >= 11 is 0. The van der Waals surface area contributed by atoms with Crippen LogP contribution in [-0.2, 0) is 10.8 Å². The molecule has 1 aliphatic rings. The SMILES string of the molecule is CC(C)S(=O)C1CCC1. The van der Waals surface area contributed by atoms with Gasteiger partial charge in [0, 0.05) is 21.3 Å². The van der Waals surface area contributed by atoms with Crippen LogP contribution in [-0.4, -0.2) is 14.7 Å². The minimum absolute atomic E-state index is 0.371. The summed E-state index contributed by atoms with van der Waals surface area (Å²) in [6, 6.07) is 0. The van der Waals surface area contributed by atoms with E-state index in [0.717, 1.165) is 0 Å². The second-order valence-corrected chi connectivity index (χ2v) is 5.20. The van der Waals surface area contributed by atoms with Crippen LogP contribution in [0.1, 0.15) is 33.1 Å². The van der Waals surface area contributed by atoms with Gasteiger partial charge in [0.15, 0.2) is 0 Å². The molecule has 0 bridgehead atoms. The molecule has 9 heavy (non-hydrogen) atoms. The highest BCUT2D eigenvalue weighted by atomic mass is 32.2. The maximum atomic E-state index is 11.2. The van der Waals surface area contributed by atoms with Crippen molar-refractivity contribution < 1.29 is 4.21 Å². The lowest BCUT2D eigenvalue weighted by Gasteiger charge is -2.25. The summed E-state index contributed by atoms with van der Waals surface area (Å²) in [4.78, 5) is 0. The monoisotopic (exact) mass is 146 g/mol. The highest BCUT2D eigenvalue weighted by Gasteiger charge is 2.25. The van der Waals surface area contributed by atoms with Crippen LogP contribution in [0, 0.1) is 0 Å². The summed E-state index contributed by atoms with van der Waals surface area (Å²) in [5.41, 5.74) is 0. The van der Waals surface area contributed by atoms with Crippen LogP contribution in [0.2, 0.25) is 0 Å². The molecule has 0 amide bonds. The van der Waals surface area contributed by atoms with Crippen LogP contribution in [0.25, 0.3) is 0 Å². The van der Waals surface area contributed by atoms with Gasteiger partial charge < -0.3 is 0 Å². The molecule has 54 valence electrons. The fourth-order valence-electron chi connectivity index (χ4n) is 0.988. The van der Waals surface area contributed by atoms with Crippen molar-refractivity contribution in [1.29, 1.82) is 0 Å². The molecular weight excluding hydrogens is 132 g/mol. The van der Waals surface area contributed by atoms with Crippen LogP contribution in [0.3, 0.4) is 0 Å². The Hall–Kier alpha value is 0.150. The second kappa shape index (κ2) is 2.82. The smallest absolute Gasteiger partial charge is 0.0350 e. The van der Waals surface area contributed by atoms with E-state index in [1.807, 2.05) is 13.8 Å². The van der Waals surface area contributed by atoms with Gasteiger partial charge in [-0.15, -0.1) is 0 Å². The highest BCUT2D eigenvalue weighted by molar-refractivity contribution is 7.86. The molecule has 1 rings (SSSR count). The summed E-state index contributed by atoms with van der Waals surface area (Å²) < 4.78 is 11.2. The van der Waals surface area contributed by atoms with Crippen LogP contribution in [0.4, 0.5) is 0 Å². The summed E-state index contributed by atoms with van der Waals surface area (Å²) in [5, 5.41) is 0.917. The molecule has 1 saturated carbocycles. The molecule has 0 aromatic carbocycles. The van der Waals surface area contributed by atoms with Gasteiger partial charge in [-0.3, -0.25) is 4.21 Å². The van der Waals surface area contributed by atoms with Crippen molar-refractivity contribution in [2.24, 2.45) is 0 Å². The van der Waals surface area contributed by atoms with E-state index in [9.17, 15) is 4.21 Å². The van der Waals surface area contributed by atoms with Crippen molar-refractivity contribution in [2.45, 2.75) is 43.6 Å². The van der Waals surface area contributed by atoms with Crippen LogP contribution in [0.15, 0.2) is 0 Å². The lowest BCUT2D eigenvalue weighted by Crippen LogP contribution is -2.28. The molecule has 0 aromatic rings. The first-order chi connectivity index (χ1) is 4.22. The van der Waals surface area contributed by atoms with Gasteiger partial charge >= 0.3 is 0 Å². The maximum absolute atomic E-state index is 11.2. The van der Waals surface area contributed by atoms with Gasteiger partial charge in [0.1, 0.15) is 0 Å². The summed E-state index contributed by atoms with van der Waals surface area (Å²) in [6.45, 7) is 4.07. The van der Waals surface area contributed by atoms with Gasteiger partial charge in [-0.2, -0.15) is 0 Å². The Balaban J connectivity index is 2.32. The van der Waals surface area contributed by atoms with Gasteiger partial charge in [0.25, 0.3) is 0 Å². The van der Waals surface area contributed by atoms with Gasteiger partial charge in [-0.05, 0) is 12.8 Å². The predicted molar refractivity (Wildman–Crippen MR) is 40.9 cm³/mol. The number of rotatable bonds is 2. The minimum atomic E-state index is -0.530. The normalized spacial score (nSPS) is 23.9. The largest absolute Gasteiger partial charge is 0.259 e. The van der Waals surface area contributed by atoms with Crippen LogP contribution in [0.5, 0.6) is 0 Å². The number of hydrogen-bond acceptors (Lipinski definition) is 1.